The highest BCUT2D eigenvalue weighted by molar-refractivity contribution is 6.77. The lowest BCUT2D eigenvalue weighted by molar-refractivity contribution is 0.250. The molecule has 1 nitrogen and oxygen atoms in total. The number of halogens is 1. The van der Waals surface area contributed by atoms with E-state index in [1.54, 1.807) is 0 Å². The lowest BCUT2D eigenvalue weighted by atomic mass is 10.1. The topological polar surface area (TPSA) is 9.23 Å². The van der Waals surface area contributed by atoms with Crippen molar-refractivity contribution < 1.29 is 4.43 Å². The molecule has 0 bridgehead atoms. The standard InChI is InChI=1S/C19H39ClOSi/c1-9-10-11-19(20)13-12-18(8)14-21-22(15(2)3,16(4)5)17(6)7/h12-13,15-19H,9-11,14H2,1-8H3/b13-12+. The molecular weight excluding hydrogens is 308 g/mol. The van der Waals surface area contributed by atoms with Crippen molar-refractivity contribution in [3.05, 3.63) is 12.2 Å². The molecule has 0 saturated heterocycles. The molecule has 0 heterocycles. The molecule has 0 aliphatic rings. The Kier molecular flexibility index (Phi) is 11.0. The second-order valence-electron chi connectivity index (χ2n) is 7.65. The molecule has 0 aromatic heterocycles. The minimum atomic E-state index is -1.73. The van der Waals surface area contributed by atoms with Crippen LogP contribution in [0.5, 0.6) is 0 Å². The zero-order chi connectivity index (χ0) is 17.3. The number of rotatable bonds is 11. The van der Waals surface area contributed by atoms with Gasteiger partial charge in [0, 0.05) is 6.61 Å². The summed E-state index contributed by atoms with van der Waals surface area (Å²) in [7, 11) is -1.73. The third-order valence-corrected chi connectivity index (χ3v) is 11.2. The van der Waals surface area contributed by atoms with Crippen molar-refractivity contribution in [3.63, 3.8) is 0 Å². The maximum absolute atomic E-state index is 6.63. The third kappa shape index (κ3) is 6.76. The molecule has 0 rings (SSSR count). The van der Waals surface area contributed by atoms with E-state index < -0.39 is 8.32 Å². The molecule has 2 atom stereocenters. The molecule has 0 aromatic carbocycles. The monoisotopic (exact) mass is 346 g/mol. The van der Waals surface area contributed by atoms with Crippen LogP contribution in [0, 0.1) is 5.92 Å². The first-order chi connectivity index (χ1) is 10.2. The Labute approximate surface area is 146 Å². The van der Waals surface area contributed by atoms with Gasteiger partial charge >= 0.3 is 0 Å². The molecule has 0 saturated carbocycles. The fourth-order valence-electron chi connectivity index (χ4n) is 3.64. The lowest BCUT2D eigenvalue weighted by Gasteiger charge is -2.42. The van der Waals surface area contributed by atoms with Crippen molar-refractivity contribution in [2.24, 2.45) is 5.92 Å². The quantitative estimate of drug-likeness (QED) is 0.219. The van der Waals surface area contributed by atoms with E-state index in [1.807, 2.05) is 0 Å². The van der Waals surface area contributed by atoms with E-state index in [2.05, 4.69) is 67.5 Å². The maximum atomic E-state index is 6.63. The maximum Gasteiger partial charge on any atom is 0.200 e. The largest absolute Gasteiger partial charge is 0.415 e. The smallest absolute Gasteiger partial charge is 0.200 e. The Hall–Kier alpha value is 0.207. The van der Waals surface area contributed by atoms with E-state index in [0.29, 0.717) is 22.5 Å². The second-order valence-corrected chi connectivity index (χ2v) is 13.7. The van der Waals surface area contributed by atoms with E-state index in [4.69, 9.17) is 16.0 Å². The second kappa shape index (κ2) is 10.9. The highest BCUT2D eigenvalue weighted by Gasteiger charge is 2.44. The summed E-state index contributed by atoms with van der Waals surface area (Å²) in [5, 5.41) is 0.171. The molecule has 2 unspecified atom stereocenters. The van der Waals surface area contributed by atoms with E-state index in [-0.39, 0.29) is 5.38 Å². The summed E-state index contributed by atoms with van der Waals surface area (Å²) in [6.45, 7) is 19.3. The van der Waals surface area contributed by atoms with Gasteiger partial charge in [0.1, 0.15) is 0 Å². The normalized spacial score (nSPS) is 16.2. The van der Waals surface area contributed by atoms with Crippen LogP contribution < -0.4 is 0 Å². The summed E-state index contributed by atoms with van der Waals surface area (Å²) < 4.78 is 6.63. The Balaban J connectivity index is 4.63. The van der Waals surface area contributed by atoms with Crippen molar-refractivity contribution in [2.75, 3.05) is 6.61 Å². The average Bonchev–Trinajstić information content (AvgIpc) is 2.42. The third-order valence-electron chi connectivity index (χ3n) is 4.79. The van der Waals surface area contributed by atoms with Gasteiger partial charge in [-0.2, -0.15) is 0 Å². The summed E-state index contributed by atoms with van der Waals surface area (Å²) in [4.78, 5) is 0. The van der Waals surface area contributed by atoms with Crippen LogP contribution in [0.25, 0.3) is 0 Å². The van der Waals surface area contributed by atoms with Gasteiger partial charge in [0.25, 0.3) is 0 Å². The number of unbranched alkanes of at least 4 members (excludes halogenated alkanes) is 1. The average molecular weight is 347 g/mol. The summed E-state index contributed by atoms with van der Waals surface area (Å²) in [5.74, 6) is 0.436. The summed E-state index contributed by atoms with van der Waals surface area (Å²) in [6, 6.07) is 0. The lowest BCUT2D eigenvalue weighted by Crippen LogP contribution is -2.48. The molecule has 0 spiro atoms. The minimum Gasteiger partial charge on any atom is -0.415 e. The van der Waals surface area contributed by atoms with Gasteiger partial charge in [0.2, 0.25) is 0 Å². The molecule has 0 aliphatic carbocycles. The minimum absolute atomic E-state index is 0.171. The van der Waals surface area contributed by atoms with Crippen LogP contribution in [0.4, 0.5) is 0 Å². The highest BCUT2D eigenvalue weighted by Crippen LogP contribution is 2.42. The van der Waals surface area contributed by atoms with Crippen molar-refractivity contribution in [3.8, 4) is 0 Å². The number of hydrogen-bond acceptors (Lipinski definition) is 1. The predicted octanol–water partition coefficient (Wildman–Crippen LogP) is 7.17. The van der Waals surface area contributed by atoms with Crippen LogP contribution in [0.15, 0.2) is 12.2 Å². The fourth-order valence-corrected chi connectivity index (χ4v) is 9.43. The zero-order valence-electron chi connectivity index (χ0n) is 16.2. The SMILES string of the molecule is CCCCC(Cl)/C=C/C(C)CO[Si](C(C)C)(C(C)C)C(C)C. The van der Waals surface area contributed by atoms with E-state index in [1.165, 1.54) is 12.8 Å². The van der Waals surface area contributed by atoms with Crippen LogP contribution in [-0.2, 0) is 4.43 Å². The van der Waals surface area contributed by atoms with Crippen molar-refractivity contribution in [2.45, 2.75) is 96.7 Å². The van der Waals surface area contributed by atoms with Gasteiger partial charge in [-0.15, -0.1) is 11.6 Å². The number of allylic oxidation sites excluding steroid dienone is 1. The number of hydrogen-bond donors (Lipinski definition) is 0. The summed E-state index contributed by atoms with van der Waals surface area (Å²) >= 11 is 6.33. The Morgan fingerprint density at radius 1 is 0.909 bits per heavy atom. The van der Waals surface area contributed by atoms with Crippen molar-refractivity contribution in [1.82, 2.24) is 0 Å². The Bertz CT molecular complexity index is 291. The van der Waals surface area contributed by atoms with Crippen LogP contribution in [0.2, 0.25) is 16.6 Å². The molecule has 22 heavy (non-hydrogen) atoms. The molecule has 0 aliphatic heterocycles. The molecule has 3 heteroatoms. The van der Waals surface area contributed by atoms with Gasteiger partial charge in [-0.25, -0.2) is 0 Å². The number of alkyl halides is 1. The van der Waals surface area contributed by atoms with Crippen LogP contribution in [0.1, 0.15) is 74.7 Å². The summed E-state index contributed by atoms with van der Waals surface area (Å²) in [6.07, 6.45) is 7.89. The van der Waals surface area contributed by atoms with Crippen LogP contribution in [0.3, 0.4) is 0 Å². The van der Waals surface area contributed by atoms with Crippen molar-refractivity contribution >= 4 is 19.9 Å². The first-order valence-electron chi connectivity index (χ1n) is 9.14. The van der Waals surface area contributed by atoms with Crippen molar-refractivity contribution in [1.29, 1.82) is 0 Å². The highest BCUT2D eigenvalue weighted by atomic mass is 35.5. The van der Waals surface area contributed by atoms with Crippen LogP contribution >= 0.6 is 11.6 Å². The molecule has 0 amide bonds. The molecular formula is C19H39ClOSi. The van der Waals surface area contributed by atoms with Gasteiger partial charge < -0.3 is 4.43 Å². The first kappa shape index (κ1) is 22.2. The predicted molar refractivity (Wildman–Crippen MR) is 104 cm³/mol. The summed E-state index contributed by atoms with van der Waals surface area (Å²) in [5.41, 5.74) is 1.94. The zero-order valence-corrected chi connectivity index (χ0v) is 17.9. The van der Waals surface area contributed by atoms with E-state index in [9.17, 15) is 0 Å². The Morgan fingerprint density at radius 3 is 1.82 bits per heavy atom. The Morgan fingerprint density at radius 2 is 1.41 bits per heavy atom. The van der Waals surface area contributed by atoms with Gasteiger partial charge in [0.05, 0.1) is 5.38 Å². The van der Waals surface area contributed by atoms with Gasteiger partial charge in [-0.05, 0) is 29.0 Å². The van der Waals surface area contributed by atoms with Gasteiger partial charge in [-0.1, -0.05) is 80.4 Å². The molecule has 0 aromatic rings. The molecule has 0 N–H and O–H groups in total. The fraction of sp³-hybridized carbons (Fsp3) is 0.895. The first-order valence-corrected chi connectivity index (χ1v) is 11.7. The molecule has 0 fully saturated rings. The van der Waals surface area contributed by atoms with E-state index >= 15 is 0 Å². The molecule has 0 radical (unpaired) electrons. The molecule has 132 valence electrons. The van der Waals surface area contributed by atoms with Gasteiger partial charge in [-0.3, -0.25) is 0 Å². The van der Waals surface area contributed by atoms with Crippen LogP contribution in [-0.4, -0.2) is 20.3 Å². The van der Waals surface area contributed by atoms with E-state index in [0.717, 1.165) is 13.0 Å². The van der Waals surface area contributed by atoms with Gasteiger partial charge in [0.15, 0.2) is 8.32 Å².